The fraction of sp³-hybridized carbons (Fsp3) is 0.0526. The molecule has 0 unspecified atom stereocenters. The first-order valence-electron chi connectivity index (χ1n) is 13.9. The van der Waals surface area contributed by atoms with Gasteiger partial charge in [-0.3, -0.25) is 0 Å². The molecule has 5 aromatic carbocycles. The van der Waals surface area contributed by atoms with Crippen LogP contribution < -0.4 is 0 Å². The van der Waals surface area contributed by atoms with Crippen LogP contribution in [0.1, 0.15) is 18.4 Å². The van der Waals surface area contributed by atoms with E-state index in [1.165, 1.54) is 71.0 Å². The minimum atomic E-state index is 1.09. The Bertz CT molecular complexity index is 2090. The maximum atomic E-state index is 2.44. The summed E-state index contributed by atoms with van der Waals surface area (Å²) in [5.41, 5.74) is 11.3. The lowest BCUT2D eigenvalue weighted by Gasteiger charge is -2.16. The molecule has 190 valence electrons. The Balaban J connectivity index is 1.42. The molecule has 2 heteroatoms. The van der Waals surface area contributed by atoms with Gasteiger partial charge in [-0.15, -0.1) is 11.3 Å². The van der Waals surface area contributed by atoms with E-state index in [2.05, 4.69) is 143 Å². The number of fused-ring (bicyclic) bond motifs is 5. The summed E-state index contributed by atoms with van der Waals surface area (Å²) < 4.78 is 3.76. The van der Waals surface area contributed by atoms with E-state index in [4.69, 9.17) is 0 Å². The number of nitrogens with zero attached hydrogens (tertiary/aromatic N) is 1. The van der Waals surface area contributed by atoms with Gasteiger partial charge in [-0.1, -0.05) is 91.0 Å². The number of rotatable bonds is 4. The Kier molecular flexibility index (Phi) is 5.53. The zero-order valence-electron chi connectivity index (χ0n) is 22.0. The molecular weight excluding hydrogens is 502 g/mol. The highest BCUT2D eigenvalue weighted by molar-refractivity contribution is 7.17. The first kappa shape index (κ1) is 23.2. The molecule has 0 radical (unpaired) electrons. The lowest BCUT2D eigenvalue weighted by Crippen LogP contribution is -1.94. The summed E-state index contributed by atoms with van der Waals surface area (Å²) in [6.07, 6.45) is 9.17. The van der Waals surface area contributed by atoms with Crippen LogP contribution in [-0.4, -0.2) is 4.57 Å². The Morgan fingerprint density at radius 2 is 1.40 bits per heavy atom. The van der Waals surface area contributed by atoms with E-state index >= 15 is 0 Å². The molecule has 7 aromatic rings. The van der Waals surface area contributed by atoms with E-state index in [0.29, 0.717) is 0 Å². The van der Waals surface area contributed by atoms with Crippen molar-refractivity contribution in [2.24, 2.45) is 0 Å². The molecule has 0 atom stereocenters. The quantitative estimate of drug-likeness (QED) is 0.214. The molecule has 8 rings (SSSR count). The Hall–Kier alpha value is -4.66. The lowest BCUT2D eigenvalue weighted by atomic mass is 9.88. The molecule has 0 saturated heterocycles. The first-order chi connectivity index (χ1) is 19.8. The minimum absolute atomic E-state index is 1.09. The number of benzene rings is 5. The van der Waals surface area contributed by atoms with Crippen LogP contribution in [0, 0.1) is 0 Å². The summed E-state index contributed by atoms with van der Waals surface area (Å²) >= 11 is 1.81. The van der Waals surface area contributed by atoms with E-state index < -0.39 is 0 Å². The number of hydrogen-bond acceptors (Lipinski definition) is 1. The van der Waals surface area contributed by atoms with E-state index in [1.54, 1.807) is 0 Å². The van der Waals surface area contributed by atoms with E-state index in [9.17, 15) is 0 Å². The molecule has 2 aromatic heterocycles. The molecule has 2 heterocycles. The van der Waals surface area contributed by atoms with Gasteiger partial charge in [0, 0.05) is 26.5 Å². The standard InChI is InChI=1S/C38H27NS/c1-4-10-26(11-5-1)28-16-18-31(27-12-6-2-7-13-27)34(24-28)29-17-20-36-35(25-29)32-19-21-37-33(22-23-40-37)38(32)39(36)30-14-8-3-9-15-30/h1,3-6,8-25H,2,7H2. The number of para-hydroxylation sites is 1. The van der Waals surface area contributed by atoms with Gasteiger partial charge in [0.15, 0.2) is 0 Å². The van der Waals surface area contributed by atoms with Crippen molar-refractivity contribution in [2.75, 3.05) is 0 Å². The molecule has 0 N–H and O–H groups in total. The molecule has 0 fully saturated rings. The molecule has 0 bridgehead atoms. The Morgan fingerprint density at radius 1 is 0.575 bits per heavy atom. The van der Waals surface area contributed by atoms with Gasteiger partial charge >= 0.3 is 0 Å². The van der Waals surface area contributed by atoms with Crippen LogP contribution in [0.3, 0.4) is 0 Å². The second-order valence-electron chi connectivity index (χ2n) is 10.5. The third-order valence-electron chi connectivity index (χ3n) is 8.12. The zero-order chi connectivity index (χ0) is 26.5. The van der Waals surface area contributed by atoms with Crippen molar-refractivity contribution in [1.29, 1.82) is 0 Å². The smallest absolute Gasteiger partial charge is 0.0627 e. The molecule has 1 nitrogen and oxygen atoms in total. The third kappa shape index (κ3) is 3.76. The normalized spacial score (nSPS) is 13.3. The van der Waals surface area contributed by atoms with Crippen LogP contribution in [0.15, 0.2) is 139 Å². The van der Waals surface area contributed by atoms with Crippen molar-refractivity contribution in [2.45, 2.75) is 12.8 Å². The number of allylic oxidation sites excluding steroid dienone is 4. The Labute approximate surface area is 238 Å². The average Bonchev–Trinajstić information content (AvgIpc) is 3.64. The van der Waals surface area contributed by atoms with Gasteiger partial charge in [0.05, 0.1) is 11.0 Å². The van der Waals surface area contributed by atoms with Gasteiger partial charge in [0.25, 0.3) is 0 Å². The van der Waals surface area contributed by atoms with Crippen molar-refractivity contribution in [3.63, 3.8) is 0 Å². The minimum Gasteiger partial charge on any atom is -0.309 e. The predicted octanol–water partition coefficient (Wildman–Crippen LogP) is 11.1. The van der Waals surface area contributed by atoms with Crippen LogP contribution in [0.4, 0.5) is 0 Å². The number of hydrogen-bond donors (Lipinski definition) is 0. The second-order valence-corrected chi connectivity index (χ2v) is 11.4. The first-order valence-corrected chi connectivity index (χ1v) is 14.8. The summed E-state index contributed by atoms with van der Waals surface area (Å²) in [6.45, 7) is 0. The number of aromatic nitrogens is 1. The fourth-order valence-corrected chi connectivity index (χ4v) is 7.01. The van der Waals surface area contributed by atoms with Crippen LogP contribution in [-0.2, 0) is 0 Å². The zero-order valence-corrected chi connectivity index (χ0v) is 22.9. The van der Waals surface area contributed by atoms with Gasteiger partial charge in [0.1, 0.15) is 0 Å². The number of thiophene rings is 1. The van der Waals surface area contributed by atoms with Crippen molar-refractivity contribution in [3.8, 4) is 27.9 Å². The molecule has 1 aliphatic rings. The van der Waals surface area contributed by atoms with E-state index in [-0.39, 0.29) is 0 Å². The van der Waals surface area contributed by atoms with Gasteiger partial charge in [-0.05, 0) is 94.1 Å². The maximum absolute atomic E-state index is 2.44. The van der Waals surface area contributed by atoms with Crippen LogP contribution in [0.5, 0.6) is 0 Å². The summed E-state index contributed by atoms with van der Waals surface area (Å²) in [7, 11) is 0. The second kappa shape index (κ2) is 9.51. The topological polar surface area (TPSA) is 4.93 Å². The van der Waals surface area contributed by atoms with Gasteiger partial charge < -0.3 is 4.57 Å². The summed E-state index contributed by atoms with van der Waals surface area (Å²) in [4.78, 5) is 0. The molecule has 0 spiro atoms. The van der Waals surface area contributed by atoms with Gasteiger partial charge in [-0.2, -0.15) is 0 Å². The van der Waals surface area contributed by atoms with Crippen LogP contribution in [0.25, 0.3) is 65.4 Å². The van der Waals surface area contributed by atoms with Crippen molar-refractivity contribution < 1.29 is 0 Å². The molecule has 40 heavy (non-hydrogen) atoms. The SMILES string of the molecule is C1=CC(c2ccc(-c3ccccc3)cc2-c2ccc3c(c2)c2ccc4sccc4c2n3-c2ccccc2)=CCC1. The van der Waals surface area contributed by atoms with Crippen molar-refractivity contribution in [3.05, 3.63) is 144 Å². The molecule has 0 aliphatic heterocycles. The van der Waals surface area contributed by atoms with Crippen molar-refractivity contribution in [1.82, 2.24) is 4.57 Å². The molecule has 1 aliphatic carbocycles. The largest absolute Gasteiger partial charge is 0.309 e. The highest BCUT2D eigenvalue weighted by Gasteiger charge is 2.18. The van der Waals surface area contributed by atoms with Gasteiger partial charge in [0.2, 0.25) is 0 Å². The van der Waals surface area contributed by atoms with E-state index in [0.717, 1.165) is 12.8 Å². The summed E-state index contributed by atoms with van der Waals surface area (Å²) in [6, 6.07) is 42.3. The van der Waals surface area contributed by atoms with Crippen LogP contribution in [0.2, 0.25) is 0 Å². The molecule has 0 saturated carbocycles. The maximum Gasteiger partial charge on any atom is 0.0627 e. The average molecular weight is 530 g/mol. The molecular formula is C38H27NS. The highest BCUT2D eigenvalue weighted by atomic mass is 32.1. The van der Waals surface area contributed by atoms with Gasteiger partial charge in [-0.25, -0.2) is 0 Å². The fourth-order valence-electron chi connectivity index (χ4n) is 6.23. The Morgan fingerprint density at radius 3 is 2.23 bits per heavy atom. The predicted molar refractivity (Wildman–Crippen MR) is 173 cm³/mol. The molecule has 0 amide bonds. The third-order valence-corrected chi connectivity index (χ3v) is 9.00. The highest BCUT2D eigenvalue weighted by Crippen LogP contribution is 2.41. The lowest BCUT2D eigenvalue weighted by molar-refractivity contribution is 1.04. The van der Waals surface area contributed by atoms with Crippen LogP contribution >= 0.6 is 11.3 Å². The van der Waals surface area contributed by atoms with Crippen molar-refractivity contribution >= 4 is 48.8 Å². The monoisotopic (exact) mass is 529 g/mol. The van der Waals surface area contributed by atoms with E-state index in [1.807, 2.05) is 11.3 Å². The summed E-state index contributed by atoms with van der Waals surface area (Å²) in [5.74, 6) is 0. The summed E-state index contributed by atoms with van der Waals surface area (Å²) in [5, 5.41) is 6.10.